The Labute approximate surface area is 79.0 Å². The number of hydrogen-bond acceptors (Lipinski definition) is 1. The maximum Gasteiger partial charge on any atom is 0.124 e. The van der Waals surface area contributed by atoms with Gasteiger partial charge in [-0.2, -0.15) is 5.26 Å². The SMILES string of the molecule is CC(C#N)c1cc(F)cc(Br)c1. The molecule has 0 spiro atoms. The fourth-order valence-corrected chi connectivity index (χ4v) is 1.38. The molecule has 12 heavy (non-hydrogen) atoms. The number of halogens is 2. The van der Waals surface area contributed by atoms with Gasteiger partial charge in [0.05, 0.1) is 12.0 Å². The van der Waals surface area contributed by atoms with Gasteiger partial charge >= 0.3 is 0 Å². The molecular formula is C9H7BrFN. The average Bonchev–Trinajstić information content (AvgIpc) is 2.01. The van der Waals surface area contributed by atoms with Crippen LogP contribution in [0.5, 0.6) is 0 Å². The standard InChI is InChI=1S/C9H7BrFN/c1-6(5-12)7-2-8(10)4-9(11)3-7/h2-4,6H,1H3. The number of rotatable bonds is 1. The predicted molar refractivity (Wildman–Crippen MR) is 48.1 cm³/mol. The van der Waals surface area contributed by atoms with E-state index < -0.39 is 0 Å². The maximum absolute atomic E-state index is 12.8. The zero-order chi connectivity index (χ0) is 9.14. The van der Waals surface area contributed by atoms with E-state index in [-0.39, 0.29) is 11.7 Å². The lowest BCUT2D eigenvalue weighted by atomic mass is 10.0. The fraction of sp³-hybridized carbons (Fsp3) is 0.222. The van der Waals surface area contributed by atoms with Gasteiger partial charge in [-0.3, -0.25) is 0 Å². The summed E-state index contributed by atoms with van der Waals surface area (Å²) >= 11 is 3.16. The largest absolute Gasteiger partial charge is 0.207 e. The molecule has 0 aliphatic heterocycles. The predicted octanol–water partition coefficient (Wildman–Crippen LogP) is 3.22. The Morgan fingerprint density at radius 3 is 2.67 bits per heavy atom. The van der Waals surface area contributed by atoms with Gasteiger partial charge in [-0.1, -0.05) is 15.9 Å². The van der Waals surface area contributed by atoms with Gasteiger partial charge in [0.25, 0.3) is 0 Å². The molecule has 0 aliphatic carbocycles. The summed E-state index contributed by atoms with van der Waals surface area (Å²) in [7, 11) is 0. The molecule has 1 nitrogen and oxygen atoms in total. The van der Waals surface area contributed by atoms with Crippen LogP contribution in [-0.2, 0) is 0 Å². The van der Waals surface area contributed by atoms with Crippen LogP contribution in [0.4, 0.5) is 4.39 Å². The van der Waals surface area contributed by atoms with Crippen LogP contribution in [0.1, 0.15) is 18.4 Å². The van der Waals surface area contributed by atoms with Crippen LogP contribution in [0.15, 0.2) is 22.7 Å². The first-order chi connectivity index (χ1) is 5.63. The van der Waals surface area contributed by atoms with Crippen LogP contribution in [0.25, 0.3) is 0 Å². The zero-order valence-electron chi connectivity index (χ0n) is 6.51. The third kappa shape index (κ3) is 2.05. The van der Waals surface area contributed by atoms with Gasteiger partial charge in [0, 0.05) is 4.47 Å². The molecule has 0 saturated carbocycles. The van der Waals surface area contributed by atoms with Crippen molar-refractivity contribution in [3.05, 3.63) is 34.1 Å². The minimum absolute atomic E-state index is 0.267. The second-order valence-electron chi connectivity index (χ2n) is 2.55. The molecule has 62 valence electrons. The molecule has 0 bridgehead atoms. The van der Waals surface area contributed by atoms with E-state index in [0.717, 1.165) is 0 Å². The van der Waals surface area contributed by atoms with E-state index in [0.29, 0.717) is 10.0 Å². The molecule has 1 aromatic carbocycles. The number of nitrogens with zero attached hydrogens (tertiary/aromatic N) is 1. The third-order valence-corrected chi connectivity index (χ3v) is 2.04. The van der Waals surface area contributed by atoms with Crippen molar-refractivity contribution in [1.82, 2.24) is 0 Å². The topological polar surface area (TPSA) is 23.8 Å². The average molecular weight is 228 g/mol. The van der Waals surface area contributed by atoms with Crippen molar-refractivity contribution < 1.29 is 4.39 Å². The van der Waals surface area contributed by atoms with Gasteiger partial charge in [-0.05, 0) is 30.7 Å². The Morgan fingerprint density at radius 2 is 2.17 bits per heavy atom. The lowest BCUT2D eigenvalue weighted by Gasteiger charge is -2.02. The Morgan fingerprint density at radius 1 is 1.50 bits per heavy atom. The van der Waals surface area contributed by atoms with E-state index in [1.54, 1.807) is 13.0 Å². The Balaban J connectivity index is 3.10. The molecule has 0 fully saturated rings. The van der Waals surface area contributed by atoms with Gasteiger partial charge in [-0.25, -0.2) is 4.39 Å². The van der Waals surface area contributed by atoms with E-state index in [1.807, 2.05) is 6.07 Å². The highest BCUT2D eigenvalue weighted by Crippen LogP contribution is 2.20. The van der Waals surface area contributed by atoms with Crippen LogP contribution in [0.2, 0.25) is 0 Å². The molecule has 0 amide bonds. The number of hydrogen-bond donors (Lipinski definition) is 0. The summed E-state index contributed by atoms with van der Waals surface area (Å²) in [6.07, 6.45) is 0. The van der Waals surface area contributed by atoms with Crippen LogP contribution < -0.4 is 0 Å². The minimum Gasteiger partial charge on any atom is -0.207 e. The van der Waals surface area contributed by atoms with Crippen molar-refractivity contribution in [3.8, 4) is 6.07 Å². The molecule has 0 aromatic heterocycles. The van der Waals surface area contributed by atoms with E-state index in [1.165, 1.54) is 12.1 Å². The lowest BCUT2D eigenvalue weighted by molar-refractivity contribution is 0.624. The van der Waals surface area contributed by atoms with E-state index >= 15 is 0 Å². The van der Waals surface area contributed by atoms with Crippen molar-refractivity contribution in [2.45, 2.75) is 12.8 Å². The van der Waals surface area contributed by atoms with E-state index in [2.05, 4.69) is 15.9 Å². The Bertz CT molecular complexity index is 310. The summed E-state index contributed by atoms with van der Waals surface area (Å²) in [5, 5.41) is 8.58. The normalized spacial score (nSPS) is 12.2. The highest BCUT2D eigenvalue weighted by molar-refractivity contribution is 9.10. The molecule has 1 atom stereocenters. The van der Waals surface area contributed by atoms with Crippen molar-refractivity contribution >= 4 is 15.9 Å². The van der Waals surface area contributed by atoms with Crippen molar-refractivity contribution in [3.63, 3.8) is 0 Å². The van der Waals surface area contributed by atoms with Gasteiger partial charge in [-0.15, -0.1) is 0 Å². The first-order valence-electron chi connectivity index (χ1n) is 3.49. The highest BCUT2D eigenvalue weighted by atomic mass is 79.9. The van der Waals surface area contributed by atoms with Gasteiger partial charge in [0.2, 0.25) is 0 Å². The molecule has 0 aliphatic rings. The molecule has 3 heteroatoms. The van der Waals surface area contributed by atoms with Crippen molar-refractivity contribution in [2.75, 3.05) is 0 Å². The van der Waals surface area contributed by atoms with Crippen molar-refractivity contribution in [1.29, 1.82) is 5.26 Å². The van der Waals surface area contributed by atoms with Crippen LogP contribution >= 0.6 is 15.9 Å². The van der Waals surface area contributed by atoms with Crippen LogP contribution in [-0.4, -0.2) is 0 Å². The summed E-state index contributed by atoms with van der Waals surface area (Å²) in [5.74, 6) is -0.585. The summed E-state index contributed by atoms with van der Waals surface area (Å²) in [6.45, 7) is 1.74. The lowest BCUT2D eigenvalue weighted by Crippen LogP contribution is -1.90. The molecule has 0 N–H and O–H groups in total. The van der Waals surface area contributed by atoms with Crippen molar-refractivity contribution in [2.24, 2.45) is 0 Å². The monoisotopic (exact) mass is 227 g/mol. The summed E-state index contributed by atoms with van der Waals surface area (Å²) in [5.41, 5.74) is 0.698. The second-order valence-corrected chi connectivity index (χ2v) is 3.47. The fourth-order valence-electron chi connectivity index (χ4n) is 0.900. The molecule has 0 saturated heterocycles. The molecule has 1 unspecified atom stereocenters. The molecule has 0 radical (unpaired) electrons. The molecule has 1 rings (SSSR count). The van der Waals surface area contributed by atoms with Gasteiger partial charge in [0.15, 0.2) is 0 Å². The van der Waals surface area contributed by atoms with E-state index in [9.17, 15) is 4.39 Å². The second kappa shape index (κ2) is 3.68. The zero-order valence-corrected chi connectivity index (χ0v) is 8.10. The first kappa shape index (κ1) is 9.21. The third-order valence-electron chi connectivity index (χ3n) is 1.58. The summed E-state index contributed by atoms with van der Waals surface area (Å²) in [6, 6.07) is 6.54. The highest BCUT2D eigenvalue weighted by Gasteiger charge is 2.05. The first-order valence-corrected chi connectivity index (χ1v) is 4.28. The van der Waals surface area contributed by atoms with Crippen LogP contribution in [0, 0.1) is 17.1 Å². The quantitative estimate of drug-likeness (QED) is 0.723. The number of benzene rings is 1. The van der Waals surface area contributed by atoms with Gasteiger partial charge < -0.3 is 0 Å². The minimum atomic E-state index is -0.318. The molecule has 0 heterocycles. The van der Waals surface area contributed by atoms with E-state index in [4.69, 9.17) is 5.26 Å². The number of nitriles is 1. The van der Waals surface area contributed by atoms with Crippen LogP contribution in [0.3, 0.4) is 0 Å². The Kier molecular flexibility index (Phi) is 2.83. The Hall–Kier alpha value is -0.880. The van der Waals surface area contributed by atoms with Gasteiger partial charge in [0.1, 0.15) is 5.82 Å². The summed E-state index contributed by atoms with van der Waals surface area (Å²) < 4.78 is 13.5. The molecule has 1 aromatic rings. The summed E-state index contributed by atoms with van der Waals surface area (Å²) in [4.78, 5) is 0. The molecular weight excluding hydrogens is 221 g/mol. The maximum atomic E-state index is 12.8. The smallest absolute Gasteiger partial charge is 0.124 e.